The number of nitrogens with one attached hydrogen (secondary N) is 3. The highest BCUT2D eigenvalue weighted by atomic mass is 32.2. The molecule has 0 amide bonds. The summed E-state index contributed by atoms with van der Waals surface area (Å²) in [7, 11) is -3.65. The van der Waals surface area contributed by atoms with Crippen LogP contribution in [0.15, 0.2) is 96.3 Å². The summed E-state index contributed by atoms with van der Waals surface area (Å²) < 4.78 is 33.4. The molecular weight excluding hydrogens is 440 g/mol. The van der Waals surface area contributed by atoms with Crippen LogP contribution in [0, 0.1) is 0 Å². The van der Waals surface area contributed by atoms with Crippen LogP contribution in [0.2, 0.25) is 0 Å². The van der Waals surface area contributed by atoms with Crippen LogP contribution >= 0.6 is 0 Å². The fourth-order valence-electron chi connectivity index (χ4n) is 2.86. The predicted molar refractivity (Wildman–Crippen MR) is 126 cm³/mol. The lowest BCUT2D eigenvalue weighted by Crippen LogP contribution is -2.29. The predicted octanol–water partition coefficient (Wildman–Crippen LogP) is 3.80. The molecule has 2 heterocycles. The molecule has 4 rings (SSSR count). The van der Waals surface area contributed by atoms with Gasteiger partial charge in [-0.15, -0.1) is 0 Å². The van der Waals surface area contributed by atoms with E-state index in [9.17, 15) is 8.42 Å². The van der Waals surface area contributed by atoms with Crippen molar-refractivity contribution in [2.75, 3.05) is 23.7 Å². The first-order valence-corrected chi connectivity index (χ1v) is 11.6. The molecule has 0 saturated carbocycles. The molecule has 2 aromatic heterocycles. The molecule has 0 aliphatic heterocycles. The SMILES string of the molecule is O=S(=O)(NCCNc1cc(Nc2ccccn2)ncn1)c1ccc(Oc2ccccc2)cc1. The minimum absolute atomic E-state index is 0.159. The van der Waals surface area contributed by atoms with Gasteiger partial charge in [0, 0.05) is 25.4 Å². The van der Waals surface area contributed by atoms with E-state index in [1.807, 2.05) is 48.5 Å². The third-order valence-electron chi connectivity index (χ3n) is 4.42. The summed E-state index contributed by atoms with van der Waals surface area (Å²) in [5, 5.41) is 6.15. The molecule has 0 spiro atoms. The highest BCUT2D eigenvalue weighted by molar-refractivity contribution is 7.89. The molecule has 168 valence electrons. The van der Waals surface area contributed by atoms with Crippen LogP contribution < -0.4 is 20.1 Å². The van der Waals surface area contributed by atoms with E-state index in [2.05, 4.69) is 30.3 Å². The van der Waals surface area contributed by atoms with Gasteiger partial charge in [-0.2, -0.15) is 0 Å². The number of anilines is 3. The summed E-state index contributed by atoms with van der Waals surface area (Å²) >= 11 is 0. The van der Waals surface area contributed by atoms with E-state index in [1.54, 1.807) is 24.4 Å². The highest BCUT2D eigenvalue weighted by Gasteiger charge is 2.13. The third-order valence-corrected chi connectivity index (χ3v) is 5.90. The average Bonchev–Trinajstić information content (AvgIpc) is 2.84. The fraction of sp³-hybridized carbons (Fsp3) is 0.0870. The van der Waals surface area contributed by atoms with Crippen molar-refractivity contribution in [2.24, 2.45) is 0 Å². The smallest absolute Gasteiger partial charge is 0.240 e. The zero-order valence-corrected chi connectivity index (χ0v) is 18.4. The second-order valence-corrected chi connectivity index (χ2v) is 8.61. The van der Waals surface area contributed by atoms with E-state index < -0.39 is 10.0 Å². The number of hydrogen-bond acceptors (Lipinski definition) is 8. The number of ether oxygens (including phenoxy) is 1. The van der Waals surface area contributed by atoms with Gasteiger partial charge in [-0.3, -0.25) is 0 Å². The molecule has 0 fully saturated rings. The Morgan fingerprint density at radius 2 is 1.45 bits per heavy atom. The summed E-state index contributed by atoms with van der Waals surface area (Å²) in [6.45, 7) is 0.520. The number of para-hydroxylation sites is 1. The Labute approximate surface area is 192 Å². The van der Waals surface area contributed by atoms with Crippen LogP contribution in [-0.4, -0.2) is 36.5 Å². The molecule has 0 aliphatic rings. The molecule has 0 radical (unpaired) electrons. The Bertz CT molecular complexity index is 1270. The monoisotopic (exact) mass is 462 g/mol. The van der Waals surface area contributed by atoms with Crippen LogP contribution in [0.1, 0.15) is 0 Å². The molecule has 10 heteroatoms. The topological polar surface area (TPSA) is 118 Å². The number of pyridine rings is 1. The largest absolute Gasteiger partial charge is 0.457 e. The zero-order valence-electron chi connectivity index (χ0n) is 17.5. The second-order valence-electron chi connectivity index (χ2n) is 6.84. The minimum atomic E-state index is -3.65. The van der Waals surface area contributed by atoms with Gasteiger partial charge in [0.2, 0.25) is 10.0 Å². The molecular formula is C23H22N6O3S. The molecule has 4 aromatic rings. The quantitative estimate of drug-likeness (QED) is 0.305. The van der Waals surface area contributed by atoms with Crippen molar-refractivity contribution in [3.63, 3.8) is 0 Å². The Kier molecular flexibility index (Phi) is 7.08. The van der Waals surface area contributed by atoms with Crippen LogP contribution in [0.3, 0.4) is 0 Å². The Balaban J connectivity index is 1.27. The van der Waals surface area contributed by atoms with Crippen LogP contribution in [0.5, 0.6) is 11.5 Å². The lowest BCUT2D eigenvalue weighted by Gasteiger charge is -2.10. The Hall–Kier alpha value is -4.02. The van der Waals surface area contributed by atoms with E-state index in [1.165, 1.54) is 18.5 Å². The Morgan fingerprint density at radius 3 is 2.21 bits per heavy atom. The maximum absolute atomic E-state index is 12.5. The van der Waals surface area contributed by atoms with Crippen LogP contribution in [0.4, 0.5) is 17.5 Å². The fourth-order valence-corrected chi connectivity index (χ4v) is 3.89. The third kappa shape index (κ3) is 6.48. The molecule has 0 saturated heterocycles. The van der Waals surface area contributed by atoms with Crippen LogP contribution in [-0.2, 0) is 10.0 Å². The number of aromatic nitrogens is 3. The summed E-state index contributed by atoms with van der Waals surface area (Å²) in [5.74, 6) is 3.03. The molecule has 9 nitrogen and oxygen atoms in total. The molecule has 0 aliphatic carbocycles. The van der Waals surface area contributed by atoms with E-state index in [4.69, 9.17) is 4.74 Å². The van der Waals surface area contributed by atoms with Crippen molar-refractivity contribution in [1.82, 2.24) is 19.7 Å². The van der Waals surface area contributed by atoms with Gasteiger partial charge in [0.1, 0.15) is 35.3 Å². The molecule has 0 bridgehead atoms. The van der Waals surface area contributed by atoms with Gasteiger partial charge in [0.05, 0.1) is 4.90 Å². The van der Waals surface area contributed by atoms with Crippen molar-refractivity contribution >= 4 is 27.5 Å². The van der Waals surface area contributed by atoms with Gasteiger partial charge < -0.3 is 15.4 Å². The normalized spacial score (nSPS) is 11.0. The summed E-state index contributed by atoms with van der Waals surface area (Å²) in [5.41, 5.74) is 0. The first-order chi connectivity index (χ1) is 16.1. The van der Waals surface area contributed by atoms with E-state index in [0.717, 1.165) is 0 Å². The molecule has 2 aromatic carbocycles. The lowest BCUT2D eigenvalue weighted by molar-refractivity contribution is 0.482. The van der Waals surface area contributed by atoms with Crippen LogP contribution in [0.25, 0.3) is 0 Å². The van der Waals surface area contributed by atoms with Crippen molar-refractivity contribution < 1.29 is 13.2 Å². The maximum Gasteiger partial charge on any atom is 0.240 e. The number of sulfonamides is 1. The molecule has 33 heavy (non-hydrogen) atoms. The second kappa shape index (κ2) is 10.5. The summed E-state index contributed by atoms with van der Waals surface area (Å²) in [6, 6.07) is 22.8. The number of hydrogen-bond donors (Lipinski definition) is 3. The van der Waals surface area contributed by atoms with Crippen molar-refractivity contribution in [3.05, 3.63) is 91.4 Å². The first kappa shape index (κ1) is 22.2. The van der Waals surface area contributed by atoms with Gasteiger partial charge in [-0.25, -0.2) is 28.1 Å². The summed E-state index contributed by atoms with van der Waals surface area (Å²) in [4.78, 5) is 12.6. The summed E-state index contributed by atoms with van der Waals surface area (Å²) in [6.07, 6.45) is 3.09. The van der Waals surface area contributed by atoms with Gasteiger partial charge in [-0.1, -0.05) is 24.3 Å². The minimum Gasteiger partial charge on any atom is -0.457 e. The maximum atomic E-state index is 12.5. The number of benzene rings is 2. The zero-order chi connectivity index (χ0) is 22.9. The number of nitrogens with zero attached hydrogens (tertiary/aromatic N) is 3. The lowest BCUT2D eigenvalue weighted by atomic mass is 10.3. The van der Waals surface area contributed by atoms with Crippen molar-refractivity contribution in [1.29, 1.82) is 0 Å². The molecule has 3 N–H and O–H groups in total. The van der Waals surface area contributed by atoms with E-state index in [-0.39, 0.29) is 11.4 Å². The van der Waals surface area contributed by atoms with Crippen molar-refractivity contribution in [3.8, 4) is 11.5 Å². The Morgan fingerprint density at radius 1 is 0.727 bits per heavy atom. The van der Waals surface area contributed by atoms with E-state index in [0.29, 0.717) is 35.5 Å². The molecule has 0 atom stereocenters. The van der Waals surface area contributed by atoms with Gasteiger partial charge in [-0.05, 0) is 48.5 Å². The highest BCUT2D eigenvalue weighted by Crippen LogP contribution is 2.22. The average molecular weight is 463 g/mol. The first-order valence-electron chi connectivity index (χ1n) is 10.2. The van der Waals surface area contributed by atoms with Gasteiger partial charge in [0.15, 0.2) is 0 Å². The van der Waals surface area contributed by atoms with E-state index >= 15 is 0 Å². The van der Waals surface area contributed by atoms with Gasteiger partial charge in [0.25, 0.3) is 0 Å². The standard InChI is InChI=1S/C23H22N6O3S/c30-33(31,20-11-9-19(10-12-20)32-18-6-2-1-3-7-18)28-15-14-25-22-16-23(27-17-26-22)29-21-8-4-5-13-24-21/h1-13,16-17,28H,14-15H2,(H2,24,25,26,27,29). The van der Waals surface area contributed by atoms with Gasteiger partial charge >= 0.3 is 0 Å². The number of rotatable bonds is 10. The molecule has 0 unspecified atom stereocenters. The van der Waals surface area contributed by atoms with Crippen molar-refractivity contribution in [2.45, 2.75) is 4.90 Å².